The third-order valence-corrected chi connectivity index (χ3v) is 4.53. The minimum atomic E-state index is -0.173. The fourth-order valence-electron chi connectivity index (χ4n) is 2.23. The number of aryl methyl sites for hydroxylation is 2. The van der Waals surface area contributed by atoms with Crippen molar-refractivity contribution >= 4 is 11.8 Å². The van der Waals surface area contributed by atoms with Gasteiger partial charge in [0.15, 0.2) is 0 Å². The molecule has 3 nitrogen and oxygen atoms in total. The van der Waals surface area contributed by atoms with E-state index in [2.05, 4.69) is 21.8 Å². The molecule has 2 aromatic rings. The molecule has 1 atom stereocenters. The van der Waals surface area contributed by atoms with Gasteiger partial charge >= 0.3 is 0 Å². The number of benzene rings is 1. The van der Waals surface area contributed by atoms with Gasteiger partial charge in [-0.25, -0.2) is 9.37 Å². The molecule has 1 aromatic carbocycles. The quantitative estimate of drug-likeness (QED) is 0.759. The van der Waals surface area contributed by atoms with Crippen LogP contribution in [0.3, 0.4) is 0 Å². The first-order chi connectivity index (χ1) is 10.2. The van der Waals surface area contributed by atoms with Gasteiger partial charge in [-0.05, 0) is 31.2 Å². The van der Waals surface area contributed by atoms with Gasteiger partial charge in [0.2, 0.25) is 0 Å². The molecule has 0 amide bonds. The highest BCUT2D eigenvalue weighted by Gasteiger charge is 2.10. The van der Waals surface area contributed by atoms with E-state index in [1.807, 2.05) is 25.5 Å². The third kappa shape index (κ3) is 5.17. The maximum absolute atomic E-state index is 13.2. The number of nitrogens with zero attached hydrogens (tertiary/aromatic N) is 2. The van der Waals surface area contributed by atoms with Crippen LogP contribution < -0.4 is 5.32 Å². The van der Waals surface area contributed by atoms with Crippen LogP contribution in [0.2, 0.25) is 0 Å². The summed E-state index contributed by atoms with van der Waals surface area (Å²) in [5, 5.41) is 3.50. The smallest absolute Gasteiger partial charge is 0.124 e. The summed E-state index contributed by atoms with van der Waals surface area (Å²) in [6.45, 7) is 3.05. The average molecular weight is 307 g/mol. The van der Waals surface area contributed by atoms with Gasteiger partial charge in [0.05, 0.1) is 0 Å². The van der Waals surface area contributed by atoms with Crippen molar-refractivity contribution in [3.05, 3.63) is 48.3 Å². The predicted molar refractivity (Wildman–Crippen MR) is 86.1 cm³/mol. The standard InChI is InChI=1S/C16H22FN3S/c1-3-18-14(7-8-16-19-9-10-20(16)2)12-21-15-6-4-5-13(17)11-15/h4-6,9-11,14,18H,3,7-8,12H2,1-2H3. The lowest BCUT2D eigenvalue weighted by Gasteiger charge is -2.17. The molecule has 21 heavy (non-hydrogen) atoms. The average Bonchev–Trinajstić information content (AvgIpc) is 2.87. The Morgan fingerprint density at radius 1 is 1.43 bits per heavy atom. The van der Waals surface area contributed by atoms with Crippen LogP contribution in [0.5, 0.6) is 0 Å². The van der Waals surface area contributed by atoms with Crippen LogP contribution in [0.15, 0.2) is 41.6 Å². The monoisotopic (exact) mass is 307 g/mol. The van der Waals surface area contributed by atoms with Gasteiger partial charge in [0.1, 0.15) is 11.6 Å². The Balaban J connectivity index is 1.85. The first-order valence-corrected chi connectivity index (χ1v) is 8.25. The first kappa shape index (κ1) is 16.0. The second kappa shape index (κ2) is 8.20. The molecule has 0 spiro atoms. The van der Waals surface area contributed by atoms with E-state index < -0.39 is 0 Å². The Morgan fingerprint density at radius 3 is 2.95 bits per heavy atom. The van der Waals surface area contributed by atoms with Crippen LogP contribution in [0.1, 0.15) is 19.2 Å². The summed E-state index contributed by atoms with van der Waals surface area (Å²) in [5.41, 5.74) is 0. The molecule has 1 aromatic heterocycles. The van der Waals surface area contributed by atoms with Crippen LogP contribution >= 0.6 is 11.8 Å². The molecular weight excluding hydrogens is 285 g/mol. The number of aromatic nitrogens is 2. The van der Waals surface area contributed by atoms with E-state index in [0.29, 0.717) is 6.04 Å². The van der Waals surface area contributed by atoms with Crippen molar-refractivity contribution in [3.8, 4) is 0 Å². The van der Waals surface area contributed by atoms with E-state index in [1.165, 1.54) is 6.07 Å². The molecule has 5 heteroatoms. The Morgan fingerprint density at radius 2 is 2.29 bits per heavy atom. The Kier molecular flexibility index (Phi) is 6.26. The van der Waals surface area contributed by atoms with E-state index in [1.54, 1.807) is 23.9 Å². The van der Waals surface area contributed by atoms with Crippen molar-refractivity contribution in [1.29, 1.82) is 0 Å². The van der Waals surface area contributed by atoms with Crippen molar-refractivity contribution in [2.24, 2.45) is 7.05 Å². The zero-order valence-electron chi connectivity index (χ0n) is 12.6. The number of rotatable bonds is 8. The third-order valence-electron chi connectivity index (χ3n) is 3.38. The Labute approximate surface area is 130 Å². The summed E-state index contributed by atoms with van der Waals surface area (Å²) in [6.07, 6.45) is 5.78. The van der Waals surface area contributed by atoms with Gasteiger partial charge in [-0.15, -0.1) is 11.8 Å². The molecule has 1 unspecified atom stereocenters. The van der Waals surface area contributed by atoms with E-state index >= 15 is 0 Å². The van der Waals surface area contributed by atoms with E-state index in [4.69, 9.17) is 0 Å². The fourth-order valence-corrected chi connectivity index (χ4v) is 3.28. The maximum atomic E-state index is 13.2. The largest absolute Gasteiger partial charge is 0.338 e. The van der Waals surface area contributed by atoms with Crippen molar-refractivity contribution in [3.63, 3.8) is 0 Å². The molecule has 0 aliphatic rings. The summed E-state index contributed by atoms with van der Waals surface area (Å²) in [7, 11) is 2.02. The zero-order chi connectivity index (χ0) is 15.1. The van der Waals surface area contributed by atoms with Crippen LogP contribution in [0, 0.1) is 5.82 Å². The number of imidazole rings is 1. The SMILES string of the molecule is CCNC(CCc1nccn1C)CSc1cccc(F)c1. The molecule has 0 aliphatic heterocycles. The highest BCUT2D eigenvalue weighted by molar-refractivity contribution is 7.99. The lowest BCUT2D eigenvalue weighted by Crippen LogP contribution is -2.31. The molecule has 0 aliphatic carbocycles. The second-order valence-corrected chi connectivity index (χ2v) is 6.11. The van der Waals surface area contributed by atoms with Crippen LogP contribution in [0.4, 0.5) is 4.39 Å². The molecule has 0 saturated heterocycles. The summed E-state index contributed by atoms with van der Waals surface area (Å²) >= 11 is 1.69. The minimum Gasteiger partial charge on any atom is -0.338 e. The molecular formula is C16H22FN3S. The number of thioether (sulfide) groups is 1. The van der Waals surface area contributed by atoms with Gasteiger partial charge < -0.3 is 9.88 Å². The molecule has 0 bridgehead atoms. The number of nitrogens with one attached hydrogen (secondary N) is 1. The lowest BCUT2D eigenvalue weighted by molar-refractivity contribution is 0.526. The van der Waals surface area contributed by atoms with Gasteiger partial charge in [0, 0.05) is 42.6 Å². The number of hydrogen-bond donors (Lipinski definition) is 1. The van der Waals surface area contributed by atoms with Crippen LogP contribution in [0.25, 0.3) is 0 Å². The first-order valence-electron chi connectivity index (χ1n) is 7.27. The van der Waals surface area contributed by atoms with Gasteiger partial charge in [0.25, 0.3) is 0 Å². The highest BCUT2D eigenvalue weighted by Crippen LogP contribution is 2.20. The fraction of sp³-hybridized carbons (Fsp3) is 0.438. The van der Waals surface area contributed by atoms with E-state index in [0.717, 1.165) is 35.9 Å². The van der Waals surface area contributed by atoms with Gasteiger partial charge in [-0.2, -0.15) is 0 Å². The molecule has 0 fully saturated rings. The molecule has 0 radical (unpaired) electrons. The summed E-state index contributed by atoms with van der Waals surface area (Å²) in [4.78, 5) is 5.34. The topological polar surface area (TPSA) is 29.9 Å². The van der Waals surface area contributed by atoms with Crippen LogP contribution in [-0.4, -0.2) is 27.9 Å². The van der Waals surface area contributed by atoms with Crippen molar-refractivity contribution in [1.82, 2.24) is 14.9 Å². The maximum Gasteiger partial charge on any atom is 0.124 e. The van der Waals surface area contributed by atoms with Crippen molar-refractivity contribution in [2.75, 3.05) is 12.3 Å². The zero-order valence-corrected chi connectivity index (χ0v) is 13.4. The molecule has 1 N–H and O–H groups in total. The van der Waals surface area contributed by atoms with Gasteiger partial charge in [-0.1, -0.05) is 13.0 Å². The van der Waals surface area contributed by atoms with Crippen molar-refractivity contribution in [2.45, 2.75) is 30.7 Å². The summed E-state index contributed by atoms with van der Waals surface area (Å²) < 4.78 is 15.2. The highest BCUT2D eigenvalue weighted by atomic mass is 32.2. The number of hydrogen-bond acceptors (Lipinski definition) is 3. The summed E-state index contributed by atoms with van der Waals surface area (Å²) in [6, 6.07) is 7.18. The second-order valence-electron chi connectivity index (χ2n) is 5.02. The lowest BCUT2D eigenvalue weighted by atomic mass is 10.2. The normalized spacial score (nSPS) is 12.5. The molecule has 114 valence electrons. The molecule has 1 heterocycles. The van der Waals surface area contributed by atoms with Crippen molar-refractivity contribution < 1.29 is 4.39 Å². The van der Waals surface area contributed by atoms with Gasteiger partial charge in [-0.3, -0.25) is 0 Å². The number of halogens is 1. The van der Waals surface area contributed by atoms with Crippen LogP contribution in [-0.2, 0) is 13.5 Å². The molecule has 2 rings (SSSR count). The predicted octanol–water partition coefficient (Wildman–Crippen LogP) is 3.26. The molecule has 0 saturated carbocycles. The van der Waals surface area contributed by atoms with E-state index in [9.17, 15) is 4.39 Å². The Hall–Kier alpha value is -1.33. The summed E-state index contributed by atoms with van der Waals surface area (Å²) in [5.74, 6) is 1.86. The van der Waals surface area contributed by atoms with E-state index in [-0.39, 0.29) is 5.82 Å². The Bertz CT molecular complexity index is 556. The minimum absolute atomic E-state index is 0.173.